The highest BCUT2D eigenvalue weighted by Crippen LogP contribution is 2.35. The van der Waals surface area contributed by atoms with Crippen molar-refractivity contribution in [3.63, 3.8) is 0 Å². The quantitative estimate of drug-likeness (QED) is 0.843. The molecule has 1 aromatic carbocycles. The molecule has 0 aliphatic heterocycles. The van der Waals surface area contributed by atoms with Gasteiger partial charge in [0, 0.05) is 12.5 Å². The van der Waals surface area contributed by atoms with Gasteiger partial charge in [0.15, 0.2) is 0 Å². The molecule has 1 atom stereocenters. The van der Waals surface area contributed by atoms with Crippen LogP contribution in [0.1, 0.15) is 19.8 Å². The summed E-state index contributed by atoms with van der Waals surface area (Å²) in [5.41, 5.74) is 0.476. The molecular formula is C13H18ClNO4. The molecule has 1 aromatic rings. The van der Waals surface area contributed by atoms with Crippen molar-refractivity contribution in [2.75, 3.05) is 19.5 Å². The molecule has 0 aliphatic carbocycles. The van der Waals surface area contributed by atoms with Gasteiger partial charge in [-0.2, -0.15) is 0 Å². The summed E-state index contributed by atoms with van der Waals surface area (Å²) < 4.78 is 10.2. The Labute approximate surface area is 117 Å². The number of carbonyl (C=O) groups excluding carboxylic acids is 1. The normalized spacial score (nSPS) is 11.8. The van der Waals surface area contributed by atoms with Crippen LogP contribution in [0.15, 0.2) is 12.1 Å². The fourth-order valence-electron chi connectivity index (χ4n) is 1.51. The van der Waals surface area contributed by atoms with Crippen molar-refractivity contribution in [1.82, 2.24) is 0 Å². The number of hydrogen-bond donors (Lipinski definition) is 2. The van der Waals surface area contributed by atoms with Crippen LogP contribution in [0.4, 0.5) is 5.69 Å². The van der Waals surface area contributed by atoms with Crippen molar-refractivity contribution >= 4 is 23.2 Å². The largest absolute Gasteiger partial charge is 0.495 e. The number of amides is 1. The number of nitrogens with one attached hydrogen (secondary N) is 1. The lowest BCUT2D eigenvalue weighted by atomic mass is 10.2. The van der Waals surface area contributed by atoms with Crippen molar-refractivity contribution in [3.8, 4) is 11.5 Å². The summed E-state index contributed by atoms with van der Waals surface area (Å²) in [5, 5.41) is 12.2. The van der Waals surface area contributed by atoms with Gasteiger partial charge in [-0.15, -0.1) is 0 Å². The predicted molar refractivity (Wildman–Crippen MR) is 74.1 cm³/mol. The molecule has 6 heteroatoms. The van der Waals surface area contributed by atoms with Gasteiger partial charge in [0.05, 0.1) is 31.0 Å². The molecule has 0 fully saturated rings. The Balaban J connectivity index is 2.82. The molecule has 0 saturated carbocycles. The van der Waals surface area contributed by atoms with E-state index in [9.17, 15) is 4.79 Å². The average Bonchev–Trinajstić information content (AvgIpc) is 2.36. The first-order valence-electron chi connectivity index (χ1n) is 5.87. The Morgan fingerprint density at radius 1 is 1.37 bits per heavy atom. The third-order valence-electron chi connectivity index (χ3n) is 2.54. The van der Waals surface area contributed by atoms with Crippen LogP contribution in [0.3, 0.4) is 0 Å². The highest BCUT2D eigenvalue weighted by Gasteiger charge is 2.12. The summed E-state index contributed by atoms with van der Waals surface area (Å²) in [6.07, 6.45) is 0.120. The maximum atomic E-state index is 11.7. The van der Waals surface area contributed by atoms with Crippen LogP contribution in [-0.2, 0) is 4.79 Å². The lowest BCUT2D eigenvalue weighted by molar-refractivity contribution is -0.116. The number of ether oxygens (including phenoxy) is 2. The topological polar surface area (TPSA) is 67.8 Å². The standard InChI is InChI=1S/C13H18ClNO4/c1-8(16)4-5-13(17)15-10-6-9(14)11(18-2)7-12(10)19-3/h6-8,16H,4-5H2,1-3H3,(H,15,17). The summed E-state index contributed by atoms with van der Waals surface area (Å²) in [6.45, 7) is 1.64. The second-order valence-corrected chi connectivity index (χ2v) is 4.53. The molecule has 0 heterocycles. The van der Waals surface area contributed by atoms with E-state index >= 15 is 0 Å². The number of rotatable bonds is 6. The van der Waals surface area contributed by atoms with E-state index in [0.29, 0.717) is 28.6 Å². The highest BCUT2D eigenvalue weighted by atomic mass is 35.5. The van der Waals surface area contributed by atoms with Crippen LogP contribution in [-0.4, -0.2) is 31.3 Å². The van der Waals surface area contributed by atoms with Crippen LogP contribution < -0.4 is 14.8 Å². The van der Waals surface area contributed by atoms with Gasteiger partial charge >= 0.3 is 0 Å². The zero-order valence-corrected chi connectivity index (χ0v) is 12.0. The van der Waals surface area contributed by atoms with Crippen molar-refractivity contribution in [2.45, 2.75) is 25.9 Å². The Kier molecular flexibility index (Phi) is 5.92. The number of carbonyl (C=O) groups is 1. The monoisotopic (exact) mass is 287 g/mol. The summed E-state index contributed by atoms with van der Waals surface area (Å²) in [6, 6.07) is 3.17. The Morgan fingerprint density at radius 2 is 2.00 bits per heavy atom. The SMILES string of the molecule is COc1cc(OC)c(NC(=O)CCC(C)O)cc1Cl. The van der Waals surface area contributed by atoms with E-state index in [1.807, 2.05) is 0 Å². The van der Waals surface area contributed by atoms with Crippen LogP contribution >= 0.6 is 11.6 Å². The summed E-state index contributed by atoms with van der Waals surface area (Å²) in [4.78, 5) is 11.7. The maximum absolute atomic E-state index is 11.7. The number of benzene rings is 1. The third-order valence-corrected chi connectivity index (χ3v) is 2.83. The second kappa shape index (κ2) is 7.21. The summed E-state index contributed by atoms with van der Waals surface area (Å²) >= 11 is 6.00. The van der Waals surface area contributed by atoms with E-state index in [4.69, 9.17) is 26.2 Å². The van der Waals surface area contributed by atoms with Gasteiger partial charge in [0.25, 0.3) is 0 Å². The second-order valence-electron chi connectivity index (χ2n) is 4.12. The van der Waals surface area contributed by atoms with E-state index in [0.717, 1.165) is 0 Å². The third kappa shape index (κ3) is 4.61. The number of anilines is 1. The zero-order valence-electron chi connectivity index (χ0n) is 11.2. The minimum atomic E-state index is -0.507. The minimum absolute atomic E-state index is 0.208. The van der Waals surface area contributed by atoms with E-state index < -0.39 is 6.10 Å². The van der Waals surface area contributed by atoms with Crippen LogP contribution in [0.2, 0.25) is 5.02 Å². The Bertz CT molecular complexity index is 449. The van der Waals surface area contributed by atoms with Crippen LogP contribution in [0.5, 0.6) is 11.5 Å². The van der Waals surface area contributed by atoms with E-state index in [2.05, 4.69) is 5.32 Å². The molecule has 0 aromatic heterocycles. The maximum Gasteiger partial charge on any atom is 0.224 e. The molecule has 2 N–H and O–H groups in total. The molecule has 106 valence electrons. The lowest BCUT2D eigenvalue weighted by Crippen LogP contribution is -2.14. The Morgan fingerprint density at radius 3 is 2.53 bits per heavy atom. The zero-order chi connectivity index (χ0) is 14.4. The molecule has 19 heavy (non-hydrogen) atoms. The van der Waals surface area contributed by atoms with Crippen LogP contribution in [0.25, 0.3) is 0 Å². The van der Waals surface area contributed by atoms with Crippen molar-refractivity contribution in [3.05, 3.63) is 17.2 Å². The minimum Gasteiger partial charge on any atom is -0.495 e. The van der Waals surface area contributed by atoms with Crippen molar-refractivity contribution in [2.24, 2.45) is 0 Å². The summed E-state index contributed by atoms with van der Waals surface area (Å²) in [7, 11) is 3.00. The number of aliphatic hydroxyl groups is 1. The summed E-state index contributed by atoms with van der Waals surface area (Å²) in [5.74, 6) is 0.729. The smallest absolute Gasteiger partial charge is 0.224 e. The van der Waals surface area contributed by atoms with Gasteiger partial charge < -0.3 is 19.9 Å². The first kappa shape index (κ1) is 15.6. The molecule has 0 aliphatic rings. The number of aliphatic hydroxyl groups excluding tert-OH is 1. The molecular weight excluding hydrogens is 270 g/mol. The molecule has 0 radical (unpaired) electrons. The lowest BCUT2D eigenvalue weighted by Gasteiger charge is -2.13. The van der Waals surface area contributed by atoms with Gasteiger partial charge in [-0.3, -0.25) is 4.79 Å². The highest BCUT2D eigenvalue weighted by molar-refractivity contribution is 6.32. The Hall–Kier alpha value is -1.46. The fraction of sp³-hybridized carbons (Fsp3) is 0.462. The molecule has 0 saturated heterocycles. The average molecular weight is 288 g/mol. The van der Waals surface area contributed by atoms with Crippen LogP contribution in [0, 0.1) is 0 Å². The first-order valence-corrected chi connectivity index (χ1v) is 6.25. The predicted octanol–water partition coefficient (Wildman–Crippen LogP) is 2.46. The van der Waals surface area contributed by atoms with Gasteiger partial charge in [0.2, 0.25) is 5.91 Å². The number of halogens is 1. The molecule has 0 bridgehead atoms. The molecule has 1 unspecified atom stereocenters. The molecule has 0 spiro atoms. The van der Waals surface area contributed by atoms with E-state index in [1.54, 1.807) is 19.1 Å². The van der Waals surface area contributed by atoms with Crippen molar-refractivity contribution < 1.29 is 19.4 Å². The van der Waals surface area contributed by atoms with Gasteiger partial charge in [-0.05, 0) is 19.4 Å². The fourth-order valence-corrected chi connectivity index (χ4v) is 1.75. The number of hydrogen-bond acceptors (Lipinski definition) is 4. The molecule has 5 nitrogen and oxygen atoms in total. The van der Waals surface area contributed by atoms with Gasteiger partial charge in [-0.25, -0.2) is 0 Å². The van der Waals surface area contributed by atoms with Crippen molar-refractivity contribution in [1.29, 1.82) is 0 Å². The van der Waals surface area contributed by atoms with Gasteiger partial charge in [0.1, 0.15) is 11.5 Å². The first-order chi connectivity index (χ1) is 8.97. The molecule has 1 amide bonds. The number of methoxy groups -OCH3 is 2. The van der Waals surface area contributed by atoms with Gasteiger partial charge in [-0.1, -0.05) is 11.6 Å². The molecule has 1 rings (SSSR count). The van der Waals surface area contributed by atoms with E-state index in [-0.39, 0.29) is 12.3 Å². The van der Waals surface area contributed by atoms with E-state index in [1.165, 1.54) is 14.2 Å².